The van der Waals surface area contributed by atoms with Crippen LogP contribution in [0.1, 0.15) is 23.6 Å². The molecule has 3 aliphatic rings. The van der Waals surface area contributed by atoms with Gasteiger partial charge in [-0.3, -0.25) is 14.5 Å². The Morgan fingerprint density at radius 2 is 1.96 bits per heavy atom. The molecule has 1 amide bonds. The van der Waals surface area contributed by atoms with Gasteiger partial charge in [0.1, 0.15) is 12.4 Å². The van der Waals surface area contributed by atoms with Gasteiger partial charge in [0, 0.05) is 56.0 Å². The number of likely N-dealkylation sites (tertiary alicyclic amines) is 1. The Morgan fingerprint density at radius 3 is 2.89 bits per heavy atom. The topological polar surface area (TPSA) is 54.8 Å². The van der Waals surface area contributed by atoms with Gasteiger partial charge in [-0.05, 0) is 24.5 Å². The van der Waals surface area contributed by atoms with E-state index in [9.17, 15) is 9.59 Å². The van der Waals surface area contributed by atoms with Crippen molar-refractivity contribution < 1.29 is 9.53 Å². The van der Waals surface area contributed by atoms with Crippen LogP contribution in [0.2, 0.25) is 0 Å². The van der Waals surface area contributed by atoms with E-state index in [0.717, 1.165) is 49.6 Å². The molecule has 0 aliphatic carbocycles. The number of amides is 1. The van der Waals surface area contributed by atoms with Crippen LogP contribution in [0.4, 0.5) is 0 Å². The van der Waals surface area contributed by atoms with E-state index in [1.165, 1.54) is 0 Å². The summed E-state index contributed by atoms with van der Waals surface area (Å²) in [5.41, 5.74) is 2.30. The molecule has 4 heterocycles. The van der Waals surface area contributed by atoms with Crippen molar-refractivity contribution in [2.75, 3.05) is 32.8 Å². The average Bonchev–Trinajstić information content (AvgIpc) is 2.90. The fourth-order valence-electron chi connectivity index (χ4n) is 4.91. The second-order valence-corrected chi connectivity index (χ2v) is 8.16. The predicted octanol–water partition coefficient (Wildman–Crippen LogP) is 1.69. The Hall–Kier alpha value is -2.60. The maximum atomic E-state index is 13.1. The van der Waals surface area contributed by atoms with Crippen LogP contribution < -0.4 is 10.3 Å². The summed E-state index contributed by atoms with van der Waals surface area (Å²) in [6, 6.07) is 13.6. The fourth-order valence-corrected chi connectivity index (χ4v) is 4.91. The fraction of sp³-hybridized carbons (Fsp3) is 0.455. The molecule has 146 valence electrons. The Balaban J connectivity index is 1.29. The Kier molecular flexibility index (Phi) is 4.43. The molecule has 1 fully saturated rings. The van der Waals surface area contributed by atoms with E-state index in [1.54, 1.807) is 6.07 Å². The Bertz CT molecular complexity index is 954. The molecule has 0 unspecified atom stereocenters. The zero-order valence-corrected chi connectivity index (χ0v) is 15.9. The molecule has 2 atom stereocenters. The minimum Gasteiger partial charge on any atom is -0.492 e. The van der Waals surface area contributed by atoms with E-state index < -0.39 is 0 Å². The quantitative estimate of drug-likeness (QED) is 0.797. The number of piperidine rings is 1. The van der Waals surface area contributed by atoms with Crippen LogP contribution in [0.3, 0.4) is 0 Å². The van der Waals surface area contributed by atoms with Gasteiger partial charge < -0.3 is 14.2 Å². The largest absolute Gasteiger partial charge is 0.492 e. The molecule has 1 aromatic carbocycles. The highest BCUT2D eigenvalue weighted by molar-refractivity contribution is 5.78. The van der Waals surface area contributed by atoms with Gasteiger partial charge >= 0.3 is 0 Å². The zero-order chi connectivity index (χ0) is 19.1. The average molecular weight is 379 g/mol. The first-order valence-corrected chi connectivity index (χ1v) is 10.1. The molecule has 3 aliphatic heterocycles. The smallest absolute Gasteiger partial charge is 0.250 e. The lowest BCUT2D eigenvalue weighted by atomic mass is 9.83. The molecule has 6 nitrogen and oxygen atoms in total. The van der Waals surface area contributed by atoms with Crippen LogP contribution in [-0.2, 0) is 17.9 Å². The summed E-state index contributed by atoms with van der Waals surface area (Å²) in [6.07, 6.45) is 1.07. The van der Waals surface area contributed by atoms with Gasteiger partial charge in [-0.15, -0.1) is 0 Å². The monoisotopic (exact) mass is 379 g/mol. The normalized spacial score (nSPS) is 23.9. The van der Waals surface area contributed by atoms with Gasteiger partial charge in [-0.25, -0.2) is 0 Å². The first-order valence-electron chi connectivity index (χ1n) is 10.1. The number of aromatic nitrogens is 1. The summed E-state index contributed by atoms with van der Waals surface area (Å²) in [5.74, 6) is 1.73. The van der Waals surface area contributed by atoms with E-state index in [-0.39, 0.29) is 17.4 Å². The zero-order valence-electron chi connectivity index (χ0n) is 15.9. The lowest BCUT2D eigenvalue weighted by Crippen LogP contribution is -2.51. The number of nitrogens with zero attached hydrogens (tertiary/aromatic N) is 3. The van der Waals surface area contributed by atoms with Crippen LogP contribution in [0.25, 0.3) is 0 Å². The highest BCUT2D eigenvalue weighted by atomic mass is 16.5. The van der Waals surface area contributed by atoms with Crippen molar-refractivity contribution in [2.45, 2.75) is 25.4 Å². The van der Waals surface area contributed by atoms with Crippen LogP contribution in [-0.4, -0.2) is 53.1 Å². The van der Waals surface area contributed by atoms with Gasteiger partial charge in [0.2, 0.25) is 5.91 Å². The van der Waals surface area contributed by atoms with Gasteiger partial charge in [-0.1, -0.05) is 24.3 Å². The number of para-hydroxylation sites is 1. The molecule has 6 heteroatoms. The number of pyridine rings is 1. The third-order valence-electron chi connectivity index (χ3n) is 6.22. The molecule has 5 rings (SSSR count). The van der Waals surface area contributed by atoms with E-state index in [1.807, 2.05) is 39.8 Å². The molecule has 1 saturated heterocycles. The first-order chi connectivity index (χ1) is 13.7. The summed E-state index contributed by atoms with van der Waals surface area (Å²) < 4.78 is 7.72. The van der Waals surface area contributed by atoms with Crippen molar-refractivity contribution in [1.82, 2.24) is 14.4 Å². The van der Waals surface area contributed by atoms with E-state index in [0.29, 0.717) is 25.6 Å². The summed E-state index contributed by atoms with van der Waals surface area (Å²) in [6.45, 7) is 4.68. The molecular formula is C22H25N3O3. The summed E-state index contributed by atoms with van der Waals surface area (Å²) >= 11 is 0. The van der Waals surface area contributed by atoms with Crippen molar-refractivity contribution in [3.63, 3.8) is 0 Å². The highest BCUT2D eigenvalue weighted by Crippen LogP contribution is 2.35. The molecule has 28 heavy (non-hydrogen) atoms. The lowest BCUT2D eigenvalue weighted by molar-refractivity contribution is -0.135. The second kappa shape index (κ2) is 7.09. The predicted molar refractivity (Wildman–Crippen MR) is 105 cm³/mol. The minimum atomic E-state index is 0.0789. The number of carbonyl (C=O) groups excluding carboxylic acids is 1. The van der Waals surface area contributed by atoms with Crippen LogP contribution in [0.5, 0.6) is 5.75 Å². The molecule has 2 bridgehead atoms. The Morgan fingerprint density at radius 1 is 1.07 bits per heavy atom. The van der Waals surface area contributed by atoms with Crippen molar-refractivity contribution >= 4 is 5.91 Å². The van der Waals surface area contributed by atoms with Crippen LogP contribution in [0, 0.1) is 5.92 Å². The second-order valence-electron chi connectivity index (χ2n) is 8.16. The van der Waals surface area contributed by atoms with Crippen molar-refractivity contribution in [1.29, 1.82) is 0 Å². The number of fused-ring (bicyclic) bond motifs is 5. The van der Waals surface area contributed by atoms with Gasteiger partial charge in [0.15, 0.2) is 0 Å². The third kappa shape index (κ3) is 3.22. The number of hydrogen-bond donors (Lipinski definition) is 0. The van der Waals surface area contributed by atoms with Gasteiger partial charge in [-0.2, -0.15) is 0 Å². The summed E-state index contributed by atoms with van der Waals surface area (Å²) in [5, 5.41) is 0. The van der Waals surface area contributed by atoms with Gasteiger partial charge in [0.25, 0.3) is 5.56 Å². The summed E-state index contributed by atoms with van der Waals surface area (Å²) in [7, 11) is 0. The number of carbonyl (C=O) groups is 1. The van der Waals surface area contributed by atoms with Crippen molar-refractivity contribution in [3.05, 3.63) is 64.1 Å². The van der Waals surface area contributed by atoms with E-state index >= 15 is 0 Å². The number of benzene rings is 1. The SMILES string of the molecule is O=C(CN1CCOc2ccccc2C1)N1C[C@@H]2C[C@H](C1)c1cccc(=O)n1C2. The third-order valence-corrected chi connectivity index (χ3v) is 6.22. The highest BCUT2D eigenvalue weighted by Gasteiger charge is 2.36. The number of ether oxygens (including phenoxy) is 1. The molecule has 0 saturated carbocycles. The first kappa shape index (κ1) is 17.5. The number of rotatable bonds is 2. The van der Waals surface area contributed by atoms with Crippen molar-refractivity contribution in [2.24, 2.45) is 5.92 Å². The maximum Gasteiger partial charge on any atom is 0.250 e. The number of hydrogen-bond acceptors (Lipinski definition) is 4. The molecule has 2 aromatic rings. The van der Waals surface area contributed by atoms with Gasteiger partial charge in [0.05, 0.1) is 6.54 Å². The molecule has 0 N–H and O–H groups in total. The maximum absolute atomic E-state index is 13.1. The molecule has 0 radical (unpaired) electrons. The van der Waals surface area contributed by atoms with Crippen molar-refractivity contribution in [3.8, 4) is 5.75 Å². The standard InChI is InChI=1S/C22H25N3O3/c26-21-7-3-5-19-18-10-16(12-25(19)21)11-24(14-18)22(27)15-23-8-9-28-20-6-2-1-4-17(20)13-23/h1-7,16,18H,8-15H2/t16-,18+/m0/s1. The molecule has 1 aromatic heterocycles. The lowest BCUT2D eigenvalue weighted by Gasteiger charge is -2.43. The Labute approximate surface area is 164 Å². The summed E-state index contributed by atoms with van der Waals surface area (Å²) in [4.78, 5) is 29.4. The molecular weight excluding hydrogens is 354 g/mol. The van der Waals surface area contributed by atoms with Crippen LogP contribution in [0.15, 0.2) is 47.3 Å². The minimum absolute atomic E-state index is 0.0789. The van der Waals surface area contributed by atoms with Crippen LogP contribution >= 0.6 is 0 Å². The molecule has 0 spiro atoms. The van der Waals surface area contributed by atoms with E-state index in [2.05, 4.69) is 11.0 Å². The van der Waals surface area contributed by atoms with E-state index in [4.69, 9.17) is 4.74 Å².